The highest BCUT2D eigenvalue weighted by Gasteiger charge is 2.26. The Morgan fingerprint density at radius 2 is 2.29 bits per heavy atom. The second-order valence-electron chi connectivity index (χ2n) is 4.20. The lowest BCUT2D eigenvalue weighted by molar-refractivity contribution is 0.273. The van der Waals surface area contributed by atoms with Gasteiger partial charge in [0.2, 0.25) is 0 Å². The van der Waals surface area contributed by atoms with Crippen LogP contribution in [0.5, 0.6) is 5.75 Å². The number of aromatic nitrogens is 3. The normalized spacial score (nSPS) is 18.5. The van der Waals surface area contributed by atoms with E-state index < -0.39 is 0 Å². The van der Waals surface area contributed by atoms with Gasteiger partial charge < -0.3 is 9.30 Å². The highest BCUT2D eigenvalue weighted by atomic mass is 16.5. The Morgan fingerprint density at radius 1 is 1.41 bits per heavy atom. The number of fused-ring (bicyclic) bond motifs is 1. The van der Waals surface area contributed by atoms with E-state index in [1.165, 1.54) is 5.56 Å². The van der Waals surface area contributed by atoms with Crippen molar-refractivity contribution in [2.45, 2.75) is 25.8 Å². The Bertz CT molecular complexity index is 521. The van der Waals surface area contributed by atoms with Crippen molar-refractivity contribution < 1.29 is 4.74 Å². The molecule has 0 radical (unpaired) electrons. The maximum absolute atomic E-state index is 5.67. The molecular weight excluding hydrogens is 214 g/mol. The summed E-state index contributed by atoms with van der Waals surface area (Å²) in [5.74, 6) is 2.33. The molecule has 2 heterocycles. The zero-order valence-electron chi connectivity index (χ0n) is 9.84. The lowest BCUT2D eigenvalue weighted by Gasteiger charge is -2.25. The minimum absolute atomic E-state index is 0.308. The lowest BCUT2D eigenvalue weighted by atomic mass is 9.92. The number of hydrogen-bond donors (Lipinski definition) is 0. The quantitative estimate of drug-likeness (QED) is 0.792. The van der Waals surface area contributed by atoms with Crippen molar-refractivity contribution in [1.82, 2.24) is 14.8 Å². The first kappa shape index (κ1) is 10.3. The summed E-state index contributed by atoms with van der Waals surface area (Å²) in [5.41, 5.74) is 1.22. The average molecular weight is 229 g/mol. The number of rotatable bonds is 2. The first-order valence-electron chi connectivity index (χ1n) is 5.99. The first-order valence-corrected chi connectivity index (χ1v) is 5.99. The van der Waals surface area contributed by atoms with E-state index in [4.69, 9.17) is 4.74 Å². The summed E-state index contributed by atoms with van der Waals surface area (Å²) in [6.07, 6.45) is 2.77. The number of benzene rings is 1. The largest absolute Gasteiger partial charge is 0.493 e. The van der Waals surface area contributed by atoms with Crippen LogP contribution in [-0.4, -0.2) is 21.4 Å². The predicted octanol–water partition coefficient (Wildman–Crippen LogP) is 2.21. The van der Waals surface area contributed by atoms with E-state index >= 15 is 0 Å². The maximum Gasteiger partial charge on any atom is 0.140 e. The molecule has 0 saturated heterocycles. The summed E-state index contributed by atoms with van der Waals surface area (Å²) in [4.78, 5) is 0. The standard InChI is InChI=1S/C13H15N3O/c1-2-16-9-14-15-13(16)11-7-8-17-12-6-4-3-5-10(11)12/h3-6,9,11H,2,7-8H2,1H3. The van der Waals surface area contributed by atoms with Gasteiger partial charge in [-0.15, -0.1) is 10.2 Å². The smallest absolute Gasteiger partial charge is 0.140 e. The average Bonchev–Trinajstić information content (AvgIpc) is 2.86. The third kappa shape index (κ3) is 1.69. The Kier molecular flexibility index (Phi) is 2.55. The van der Waals surface area contributed by atoms with Crippen LogP contribution >= 0.6 is 0 Å². The van der Waals surface area contributed by atoms with Crippen LogP contribution in [0, 0.1) is 0 Å². The molecule has 0 bridgehead atoms. The van der Waals surface area contributed by atoms with E-state index in [-0.39, 0.29) is 0 Å². The van der Waals surface area contributed by atoms with Crippen LogP contribution < -0.4 is 4.74 Å². The molecule has 0 amide bonds. The van der Waals surface area contributed by atoms with Gasteiger partial charge in [0.15, 0.2) is 0 Å². The second kappa shape index (κ2) is 4.20. The topological polar surface area (TPSA) is 39.9 Å². The van der Waals surface area contributed by atoms with Crippen LogP contribution in [0.1, 0.15) is 30.7 Å². The molecule has 88 valence electrons. The SMILES string of the molecule is CCn1cnnc1C1CCOc2ccccc21. The minimum atomic E-state index is 0.308. The van der Waals surface area contributed by atoms with Gasteiger partial charge in [-0.2, -0.15) is 0 Å². The molecule has 0 spiro atoms. The molecule has 1 aliphatic heterocycles. The van der Waals surface area contributed by atoms with Gasteiger partial charge in [0.25, 0.3) is 0 Å². The Hall–Kier alpha value is -1.84. The summed E-state index contributed by atoms with van der Waals surface area (Å²) < 4.78 is 7.77. The molecule has 1 aromatic carbocycles. The molecule has 1 aliphatic rings. The van der Waals surface area contributed by atoms with Gasteiger partial charge in [-0.05, 0) is 19.4 Å². The lowest BCUT2D eigenvalue weighted by Crippen LogP contribution is -2.18. The van der Waals surface area contributed by atoms with Gasteiger partial charge in [-0.1, -0.05) is 18.2 Å². The van der Waals surface area contributed by atoms with Crippen LogP contribution in [0.2, 0.25) is 0 Å². The van der Waals surface area contributed by atoms with Crippen molar-refractivity contribution in [2.24, 2.45) is 0 Å². The van der Waals surface area contributed by atoms with Crippen molar-refractivity contribution in [3.8, 4) is 5.75 Å². The fraction of sp³-hybridized carbons (Fsp3) is 0.385. The van der Waals surface area contributed by atoms with E-state index in [2.05, 4.69) is 27.8 Å². The molecule has 1 aromatic heterocycles. The molecule has 3 rings (SSSR count). The van der Waals surface area contributed by atoms with Crippen LogP contribution in [0.3, 0.4) is 0 Å². The highest BCUT2D eigenvalue weighted by molar-refractivity contribution is 5.40. The minimum Gasteiger partial charge on any atom is -0.493 e. The van der Waals surface area contributed by atoms with Gasteiger partial charge in [-0.25, -0.2) is 0 Å². The van der Waals surface area contributed by atoms with Crippen LogP contribution in [0.4, 0.5) is 0 Å². The maximum atomic E-state index is 5.67. The van der Waals surface area contributed by atoms with Crippen molar-refractivity contribution in [1.29, 1.82) is 0 Å². The summed E-state index contributed by atoms with van der Waals surface area (Å²) in [5, 5.41) is 8.28. The number of ether oxygens (including phenoxy) is 1. The van der Waals surface area contributed by atoms with Gasteiger partial charge in [0.1, 0.15) is 17.9 Å². The van der Waals surface area contributed by atoms with Crippen molar-refractivity contribution in [3.05, 3.63) is 42.0 Å². The molecule has 0 N–H and O–H groups in total. The van der Waals surface area contributed by atoms with Crippen molar-refractivity contribution in [3.63, 3.8) is 0 Å². The van der Waals surface area contributed by atoms with Crippen LogP contribution in [0.15, 0.2) is 30.6 Å². The number of hydrogen-bond acceptors (Lipinski definition) is 3. The molecule has 2 aromatic rings. The number of aryl methyl sites for hydroxylation is 1. The predicted molar refractivity (Wildman–Crippen MR) is 64.1 cm³/mol. The molecule has 1 unspecified atom stereocenters. The molecule has 0 fully saturated rings. The van der Waals surface area contributed by atoms with E-state index in [1.807, 2.05) is 18.2 Å². The fourth-order valence-electron chi connectivity index (χ4n) is 2.39. The Balaban J connectivity index is 2.06. The van der Waals surface area contributed by atoms with Gasteiger partial charge in [0.05, 0.1) is 12.5 Å². The zero-order valence-corrected chi connectivity index (χ0v) is 9.84. The molecular formula is C13H15N3O. The number of nitrogens with zero attached hydrogens (tertiary/aromatic N) is 3. The molecule has 17 heavy (non-hydrogen) atoms. The molecule has 4 nitrogen and oxygen atoms in total. The van der Waals surface area contributed by atoms with Crippen molar-refractivity contribution >= 4 is 0 Å². The fourth-order valence-corrected chi connectivity index (χ4v) is 2.39. The summed E-state index contributed by atoms with van der Waals surface area (Å²) in [6, 6.07) is 8.20. The van der Waals surface area contributed by atoms with E-state index in [9.17, 15) is 0 Å². The summed E-state index contributed by atoms with van der Waals surface area (Å²) in [6.45, 7) is 3.76. The van der Waals surface area contributed by atoms with Crippen molar-refractivity contribution in [2.75, 3.05) is 6.61 Å². The van der Waals surface area contributed by atoms with E-state index in [0.29, 0.717) is 5.92 Å². The summed E-state index contributed by atoms with van der Waals surface area (Å²) in [7, 11) is 0. The molecule has 1 atom stereocenters. The first-order chi connectivity index (χ1) is 8.40. The third-order valence-electron chi connectivity index (χ3n) is 3.26. The van der Waals surface area contributed by atoms with Gasteiger partial charge in [0, 0.05) is 12.1 Å². The van der Waals surface area contributed by atoms with Crippen LogP contribution in [-0.2, 0) is 6.54 Å². The Morgan fingerprint density at radius 3 is 3.18 bits per heavy atom. The van der Waals surface area contributed by atoms with Gasteiger partial charge >= 0.3 is 0 Å². The zero-order chi connectivity index (χ0) is 11.7. The summed E-state index contributed by atoms with van der Waals surface area (Å²) >= 11 is 0. The van der Waals surface area contributed by atoms with Crippen LogP contribution in [0.25, 0.3) is 0 Å². The van der Waals surface area contributed by atoms with Gasteiger partial charge in [-0.3, -0.25) is 0 Å². The second-order valence-corrected chi connectivity index (χ2v) is 4.20. The molecule has 4 heteroatoms. The number of para-hydroxylation sites is 1. The monoisotopic (exact) mass is 229 g/mol. The third-order valence-corrected chi connectivity index (χ3v) is 3.26. The highest BCUT2D eigenvalue weighted by Crippen LogP contribution is 2.36. The van der Waals surface area contributed by atoms with E-state index in [0.717, 1.165) is 31.1 Å². The molecule has 0 saturated carbocycles. The Labute approximate surface area is 100 Å². The molecule has 0 aliphatic carbocycles. The van der Waals surface area contributed by atoms with E-state index in [1.54, 1.807) is 6.33 Å².